The Bertz CT molecular complexity index is 308. The Kier molecular flexibility index (Phi) is 2.19. The van der Waals surface area contributed by atoms with Crippen LogP contribution in [0.5, 0.6) is 5.75 Å². The summed E-state index contributed by atoms with van der Waals surface area (Å²) in [4.78, 5) is 0. The zero-order chi connectivity index (χ0) is 9.26. The lowest BCUT2D eigenvalue weighted by molar-refractivity contribution is 0.253. The summed E-state index contributed by atoms with van der Waals surface area (Å²) in [5.41, 5.74) is 0.994. The maximum absolute atomic E-state index is 13.1. The summed E-state index contributed by atoms with van der Waals surface area (Å²) in [5.74, 6) is 0.00162. The molecule has 2 nitrogen and oxygen atoms in total. The van der Waals surface area contributed by atoms with E-state index < -0.39 is 0 Å². The van der Waals surface area contributed by atoms with Crippen LogP contribution in [0.15, 0.2) is 18.2 Å². The topological polar surface area (TPSA) is 21.8 Å². The van der Waals surface area contributed by atoms with E-state index in [4.69, 9.17) is 9.47 Å². The van der Waals surface area contributed by atoms with Gasteiger partial charge in [-0.1, -0.05) is 6.07 Å². The quantitative estimate of drug-likeness (QED) is 0.666. The fourth-order valence-electron chi connectivity index (χ4n) is 1.07. The predicted octanol–water partition coefficient (Wildman–Crippen LogP) is 1.91. The molecule has 3 heteroatoms. The van der Waals surface area contributed by atoms with Gasteiger partial charge in [0.2, 0.25) is 0 Å². The summed E-state index contributed by atoms with van der Waals surface area (Å²) >= 11 is 0. The molecule has 0 aromatic heterocycles. The Morgan fingerprint density at radius 1 is 1.62 bits per heavy atom. The lowest BCUT2D eigenvalue weighted by Gasteiger charge is -2.05. The first-order valence-electron chi connectivity index (χ1n) is 4.26. The van der Waals surface area contributed by atoms with E-state index >= 15 is 0 Å². The van der Waals surface area contributed by atoms with Gasteiger partial charge in [-0.05, 0) is 24.6 Å². The summed E-state index contributed by atoms with van der Waals surface area (Å²) in [7, 11) is 0. The van der Waals surface area contributed by atoms with E-state index in [1.807, 2.05) is 6.92 Å². The third-order valence-corrected chi connectivity index (χ3v) is 1.91. The summed E-state index contributed by atoms with van der Waals surface area (Å²) < 4.78 is 23.3. The van der Waals surface area contributed by atoms with Crippen LogP contribution in [0.3, 0.4) is 0 Å². The molecule has 1 atom stereocenters. The van der Waals surface area contributed by atoms with Gasteiger partial charge in [0.15, 0.2) is 11.6 Å². The van der Waals surface area contributed by atoms with Crippen molar-refractivity contribution in [2.75, 3.05) is 13.2 Å². The smallest absolute Gasteiger partial charge is 0.165 e. The Hall–Kier alpha value is -1.09. The molecule has 0 amide bonds. The van der Waals surface area contributed by atoms with Crippen LogP contribution in [0.25, 0.3) is 0 Å². The minimum atomic E-state index is -0.314. The van der Waals surface area contributed by atoms with Crippen molar-refractivity contribution in [1.29, 1.82) is 0 Å². The van der Waals surface area contributed by atoms with Gasteiger partial charge >= 0.3 is 0 Å². The molecule has 0 bridgehead atoms. The summed E-state index contributed by atoms with van der Waals surface area (Å²) in [6.45, 7) is 3.08. The Morgan fingerprint density at radius 2 is 2.38 bits per heavy atom. The largest absolute Gasteiger partial charge is 0.488 e. The summed E-state index contributed by atoms with van der Waals surface area (Å²) in [5, 5.41) is 0. The van der Waals surface area contributed by atoms with Gasteiger partial charge in [-0.15, -0.1) is 0 Å². The van der Waals surface area contributed by atoms with E-state index in [0.29, 0.717) is 12.4 Å². The lowest BCUT2D eigenvalue weighted by Crippen LogP contribution is -2.05. The number of aryl methyl sites for hydroxylation is 1. The van der Waals surface area contributed by atoms with E-state index in [9.17, 15) is 4.39 Å². The molecule has 1 fully saturated rings. The predicted molar refractivity (Wildman–Crippen MR) is 46.4 cm³/mol. The van der Waals surface area contributed by atoms with Gasteiger partial charge in [0.05, 0.1) is 6.61 Å². The maximum atomic E-state index is 13.1. The van der Waals surface area contributed by atoms with Crippen LogP contribution < -0.4 is 4.74 Å². The molecule has 1 aromatic rings. The monoisotopic (exact) mass is 182 g/mol. The van der Waals surface area contributed by atoms with Crippen molar-refractivity contribution >= 4 is 0 Å². The highest BCUT2D eigenvalue weighted by atomic mass is 19.1. The molecule has 13 heavy (non-hydrogen) atoms. The molecule has 0 spiro atoms. The number of ether oxygens (including phenoxy) is 2. The lowest BCUT2D eigenvalue weighted by atomic mass is 10.2. The number of rotatable bonds is 3. The number of benzene rings is 1. The second-order valence-electron chi connectivity index (χ2n) is 3.20. The second-order valence-corrected chi connectivity index (χ2v) is 3.20. The van der Waals surface area contributed by atoms with E-state index in [1.165, 1.54) is 6.07 Å². The van der Waals surface area contributed by atoms with Crippen molar-refractivity contribution in [3.8, 4) is 5.75 Å². The third-order valence-electron chi connectivity index (χ3n) is 1.91. The molecule has 1 aliphatic heterocycles. The van der Waals surface area contributed by atoms with Gasteiger partial charge in [0, 0.05) is 0 Å². The third kappa shape index (κ3) is 2.18. The first kappa shape index (κ1) is 8.51. The van der Waals surface area contributed by atoms with E-state index in [1.54, 1.807) is 12.1 Å². The molecule has 2 rings (SSSR count). The Balaban J connectivity index is 2.03. The molecule has 0 N–H and O–H groups in total. The van der Waals surface area contributed by atoms with Crippen molar-refractivity contribution in [2.45, 2.75) is 13.0 Å². The molecule has 1 heterocycles. The SMILES string of the molecule is Cc1ccc(F)c(OC[C@H]2CO2)c1. The van der Waals surface area contributed by atoms with Crippen LogP contribution in [0.4, 0.5) is 4.39 Å². The van der Waals surface area contributed by atoms with Gasteiger partial charge in [0.1, 0.15) is 12.7 Å². The maximum Gasteiger partial charge on any atom is 0.165 e. The summed E-state index contributed by atoms with van der Waals surface area (Å²) in [6, 6.07) is 4.83. The first-order valence-corrected chi connectivity index (χ1v) is 4.26. The Morgan fingerprint density at radius 3 is 3.08 bits per heavy atom. The van der Waals surface area contributed by atoms with Gasteiger partial charge in [-0.25, -0.2) is 4.39 Å². The molecule has 1 aliphatic rings. The molecule has 0 saturated carbocycles. The van der Waals surface area contributed by atoms with Crippen molar-refractivity contribution in [1.82, 2.24) is 0 Å². The molecular weight excluding hydrogens is 171 g/mol. The van der Waals surface area contributed by atoms with E-state index in [2.05, 4.69) is 0 Å². The molecule has 70 valence electrons. The van der Waals surface area contributed by atoms with E-state index in [-0.39, 0.29) is 11.9 Å². The van der Waals surface area contributed by atoms with Crippen molar-refractivity contribution in [2.24, 2.45) is 0 Å². The van der Waals surface area contributed by atoms with Crippen molar-refractivity contribution < 1.29 is 13.9 Å². The molecular formula is C10H11FO2. The fraction of sp³-hybridized carbons (Fsp3) is 0.400. The first-order chi connectivity index (χ1) is 6.25. The van der Waals surface area contributed by atoms with Crippen molar-refractivity contribution in [3.63, 3.8) is 0 Å². The zero-order valence-corrected chi connectivity index (χ0v) is 7.42. The van der Waals surface area contributed by atoms with Crippen LogP contribution in [-0.4, -0.2) is 19.3 Å². The summed E-state index contributed by atoms with van der Waals surface area (Å²) in [6.07, 6.45) is 0.167. The minimum Gasteiger partial charge on any atom is -0.488 e. The molecule has 0 unspecified atom stereocenters. The molecule has 0 radical (unpaired) electrons. The van der Waals surface area contributed by atoms with Gasteiger partial charge in [-0.3, -0.25) is 0 Å². The van der Waals surface area contributed by atoms with Crippen molar-refractivity contribution in [3.05, 3.63) is 29.6 Å². The standard InChI is InChI=1S/C10H11FO2/c1-7-2-3-9(11)10(4-7)13-6-8-5-12-8/h2-4,8H,5-6H2,1H3/t8-/m1/s1. The molecule has 0 aliphatic carbocycles. The van der Waals surface area contributed by atoms with Crippen LogP contribution in [0.2, 0.25) is 0 Å². The van der Waals surface area contributed by atoms with Gasteiger partial charge < -0.3 is 9.47 Å². The molecule has 1 aromatic carbocycles. The highest BCUT2D eigenvalue weighted by molar-refractivity contribution is 5.29. The number of halogens is 1. The Labute approximate surface area is 76.3 Å². The second kappa shape index (κ2) is 3.34. The number of hydrogen-bond donors (Lipinski definition) is 0. The average Bonchev–Trinajstić information content (AvgIpc) is 2.90. The van der Waals surface area contributed by atoms with E-state index in [0.717, 1.165) is 12.2 Å². The molecule has 1 saturated heterocycles. The number of epoxide rings is 1. The van der Waals surface area contributed by atoms with Crippen LogP contribution in [0.1, 0.15) is 5.56 Å². The highest BCUT2D eigenvalue weighted by Gasteiger charge is 2.23. The zero-order valence-electron chi connectivity index (χ0n) is 7.42. The number of hydrogen-bond acceptors (Lipinski definition) is 2. The fourth-order valence-corrected chi connectivity index (χ4v) is 1.07. The van der Waals surface area contributed by atoms with Gasteiger partial charge in [-0.2, -0.15) is 0 Å². The van der Waals surface area contributed by atoms with Crippen LogP contribution in [0, 0.1) is 12.7 Å². The van der Waals surface area contributed by atoms with Crippen LogP contribution >= 0.6 is 0 Å². The van der Waals surface area contributed by atoms with Gasteiger partial charge in [0.25, 0.3) is 0 Å². The normalized spacial score (nSPS) is 20.0. The highest BCUT2D eigenvalue weighted by Crippen LogP contribution is 2.20. The average molecular weight is 182 g/mol. The van der Waals surface area contributed by atoms with Crippen LogP contribution in [-0.2, 0) is 4.74 Å². The minimum absolute atomic E-state index is 0.167.